The van der Waals surface area contributed by atoms with Crippen molar-refractivity contribution in [1.29, 1.82) is 0 Å². The second kappa shape index (κ2) is 10.2. The van der Waals surface area contributed by atoms with Crippen molar-refractivity contribution in [3.8, 4) is 22.3 Å². The van der Waals surface area contributed by atoms with E-state index in [0.717, 1.165) is 28.1 Å². The van der Waals surface area contributed by atoms with Crippen molar-refractivity contribution in [1.82, 2.24) is 5.32 Å². The highest BCUT2D eigenvalue weighted by atomic mass is 15.1. The summed E-state index contributed by atoms with van der Waals surface area (Å²) in [5.41, 5.74) is 11.5. The Kier molecular flexibility index (Phi) is 6.27. The Morgan fingerprint density at radius 3 is 1.86 bits per heavy atom. The summed E-state index contributed by atoms with van der Waals surface area (Å²) in [7, 11) is 2.14. The number of nitrogens with one attached hydrogen (secondary N) is 1. The number of nitrogens with zero attached hydrogens (tertiary/aromatic N) is 1. The molecule has 1 heterocycles. The van der Waals surface area contributed by atoms with Gasteiger partial charge in [-0.05, 0) is 39.5 Å². The van der Waals surface area contributed by atoms with Gasteiger partial charge in [0.2, 0.25) is 0 Å². The van der Waals surface area contributed by atoms with Crippen LogP contribution in [0.4, 0.5) is 0 Å². The second-order valence-corrected chi connectivity index (χ2v) is 9.39. The van der Waals surface area contributed by atoms with Crippen molar-refractivity contribution in [2.75, 3.05) is 0 Å². The van der Waals surface area contributed by atoms with Crippen molar-refractivity contribution in [3.63, 3.8) is 0 Å². The van der Waals surface area contributed by atoms with Crippen LogP contribution in [-0.4, -0.2) is 13.6 Å². The quantitative estimate of drug-likeness (QED) is 0.293. The monoisotopic (exact) mass is 474 g/mol. The Hall–Kier alpha value is -4.63. The molecule has 37 heavy (non-hydrogen) atoms. The van der Waals surface area contributed by atoms with Gasteiger partial charge in [-0.3, -0.25) is 4.99 Å². The normalized spacial score (nSPS) is 14.9. The molecule has 6 rings (SSSR count). The highest BCUT2D eigenvalue weighted by Crippen LogP contribution is 2.33. The molecule has 1 N–H and O–H groups in total. The minimum Gasteiger partial charge on any atom is -0.359 e. The molecule has 2 nitrogen and oxygen atoms in total. The molecule has 1 aliphatic rings. The van der Waals surface area contributed by atoms with Crippen LogP contribution in [0.25, 0.3) is 28.0 Å². The molecule has 0 bridgehead atoms. The van der Waals surface area contributed by atoms with E-state index in [9.17, 15) is 0 Å². The molecule has 176 valence electrons. The van der Waals surface area contributed by atoms with Gasteiger partial charge in [0.1, 0.15) is 14.0 Å². The van der Waals surface area contributed by atoms with Gasteiger partial charge in [-0.15, -0.1) is 0 Å². The average Bonchev–Trinajstić information content (AvgIpc) is 2.98. The zero-order valence-corrected chi connectivity index (χ0v) is 20.8. The smallest absolute Gasteiger partial charge is 0.146 e. The first-order valence-electron chi connectivity index (χ1n) is 12.7. The summed E-state index contributed by atoms with van der Waals surface area (Å²) in [4.78, 5) is 5.20. The molecule has 0 amide bonds. The number of hydrogen-bond donors (Lipinski definition) is 1. The summed E-state index contributed by atoms with van der Waals surface area (Å²) in [6.45, 7) is 0. The predicted molar refractivity (Wildman–Crippen MR) is 159 cm³/mol. The van der Waals surface area contributed by atoms with Gasteiger partial charge in [0.15, 0.2) is 0 Å². The number of aliphatic imine (C=N–C) groups is 1. The summed E-state index contributed by atoms with van der Waals surface area (Å²) in [6.07, 6.45) is 1.96. The maximum atomic E-state index is 5.20. The summed E-state index contributed by atoms with van der Waals surface area (Å²) < 4.78 is 0. The van der Waals surface area contributed by atoms with E-state index in [1.807, 2.05) is 12.1 Å². The molecule has 1 unspecified atom stereocenters. The van der Waals surface area contributed by atoms with E-state index >= 15 is 0 Å². The molecule has 5 aromatic carbocycles. The molecule has 5 aromatic rings. The van der Waals surface area contributed by atoms with E-state index in [1.165, 1.54) is 27.7 Å². The van der Waals surface area contributed by atoms with E-state index < -0.39 is 0 Å². The molecular weight excluding hydrogens is 447 g/mol. The van der Waals surface area contributed by atoms with Crippen molar-refractivity contribution in [3.05, 3.63) is 156 Å². The zero-order chi connectivity index (χ0) is 25.0. The first-order chi connectivity index (χ1) is 18.2. The lowest BCUT2D eigenvalue weighted by atomic mass is 9.90. The number of rotatable bonds is 5. The van der Waals surface area contributed by atoms with Crippen molar-refractivity contribution >= 4 is 24.7 Å². The third-order valence-electron chi connectivity index (χ3n) is 6.80. The lowest BCUT2D eigenvalue weighted by Crippen LogP contribution is -2.25. The van der Waals surface area contributed by atoms with Crippen LogP contribution in [0.15, 0.2) is 145 Å². The van der Waals surface area contributed by atoms with Gasteiger partial charge in [-0.25, -0.2) is 0 Å². The summed E-state index contributed by atoms with van der Waals surface area (Å²) in [5.74, 6) is 0. The van der Waals surface area contributed by atoms with E-state index in [4.69, 9.17) is 4.99 Å². The highest BCUT2D eigenvalue weighted by Gasteiger charge is 2.22. The van der Waals surface area contributed by atoms with Gasteiger partial charge < -0.3 is 5.32 Å². The third-order valence-corrected chi connectivity index (χ3v) is 6.80. The van der Waals surface area contributed by atoms with Crippen LogP contribution in [0.2, 0.25) is 0 Å². The van der Waals surface area contributed by atoms with Crippen LogP contribution >= 0.6 is 0 Å². The lowest BCUT2D eigenvalue weighted by molar-refractivity contribution is 0.665. The summed E-state index contributed by atoms with van der Waals surface area (Å²) in [6, 6.07) is 46.9. The van der Waals surface area contributed by atoms with Gasteiger partial charge in [0, 0.05) is 11.3 Å². The van der Waals surface area contributed by atoms with Crippen LogP contribution in [0, 0.1) is 0 Å². The van der Waals surface area contributed by atoms with Crippen LogP contribution in [0.1, 0.15) is 22.9 Å². The molecule has 1 aliphatic heterocycles. The molecular formula is C34H27BN2. The molecule has 0 spiro atoms. The maximum absolute atomic E-state index is 5.20. The molecule has 1 atom stereocenters. The Labute approximate surface area is 219 Å². The van der Waals surface area contributed by atoms with Crippen LogP contribution < -0.4 is 10.8 Å². The molecule has 0 fully saturated rings. The standard InChI is InChI=1S/C34H27BN2/c35-29-15-9-14-28(22-29)30-16-7-8-17-31(30)34-36-32(26-12-5-2-6-13-26)23-33(37-34)27-20-18-25(19-21-27)24-10-3-1-4-11-24/h1-23,34,37H,35H2. The van der Waals surface area contributed by atoms with Crippen LogP contribution in [0.3, 0.4) is 0 Å². The summed E-state index contributed by atoms with van der Waals surface area (Å²) in [5, 5.41) is 3.74. The number of hydrogen-bond acceptors (Lipinski definition) is 2. The van der Waals surface area contributed by atoms with Gasteiger partial charge in [-0.1, -0.05) is 139 Å². The van der Waals surface area contributed by atoms with Gasteiger partial charge in [0.05, 0.1) is 5.71 Å². The SMILES string of the molecule is Bc1cccc(-c2ccccc2C2N=C(c3ccccc3)C=C(c3ccc(-c4ccccc4)cc3)N2)c1. The van der Waals surface area contributed by atoms with E-state index in [1.54, 1.807) is 0 Å². The fraction of sp³-hybridized carbons (Fsp3) is 0.0294. The first-order valence-corrected chi connectivity index (χ1v) is 12.7. The Bertz CT molecular complexity index is 1590. The minimum atomic E-state index is -0.208. The summed E-state index contributed by atoms with van der Waals surface area (Å²) >= 11 is 0. The largest absolute Gasteiger partial charge is 0.359 e. The third kappa shape index (κ3) is 4.89. The minimum absolute atomic E-state index is 0.208. The van der Waals surface area contributed by atoms with Crippen molar-refractivity contribution in [2.45, 2.75) is 6.17 Å². The fourth-order valence-electron chi connectivity index (χ4n) is 4.90. The highest BCUT2D eigenvalue weighted by molar-refractivity contribution is 6.32. The van der Waals surface area contributed by atoms with E-state index in [-0.39, 0.29) is 6.17 Å². The van der Waals surface area contributed by atoms with Crippen LogP contribution in [-0.2, 0) is 0 Å². The zero-order valence-electron chi connectivity index (χ0n) is 20.8. The van der Waals surface area contributed by atoms with Gasteiger partial charge in [-0.2, -0.15) is 0 Å². The molecule has 0 aliphatic carbocycles. The fourth-order valence-corrected chi connectivity index (χ4v) is 4.90. The first kappa shape index (κ1) is 22.8. The van der Waals surface area contributed by atoms with Gasteiger partial charge in [0.25, 0.3) is 0 Å². The topological polar surface area (TPSA) is 24.4 Å². The lowest BCUT2D eigenvalue weighted by Gasteiger charge is -2.26. The second-order valence-electron chi connectivity index (χ2n) is 9.39. The Morgan fingerprint density at radius 2 is 1.14 bits per heavy atom. The Balaban J connectivity index is 1.42. The molecule has 0 radical (unpaired) electrons. The Morgan fingerprint density at radius 1 is 0.541 bits per heavy atom. The van der Waals surface area contributed by atoms with Crippen molar-refractivity contribution < 1.29 is 0 Å². The molecule has 0 saturated heterocycles. The molecule has 0 aromatic heterocycles. The number of benzene rings is 5. The molecule has 0 saturated carbocycles. The van der Waals surface area contributed by atoms with E-state index in [0.29, 0.717) is 0 Å². The van der Waals surface area contributed by atoms with E-state index in [2.05, 4.69) is 141 Å². The molecule has 3 heteroatoms. The van der Waals surface area contributed by atoms with Crippen LogP contribution in [0.5, 0.6) is 0 Å². The van der Waals surface area contributed by atoms with Crippen molar-refractivity contribution in [2.24, 2.45) is 4.99 Å². The average molecular weight is 474 g/mol. The maximum Gasteiger partial charge on any atom is 0.146 e. The predicted octanol–water partition coefficient (Wildman–Crippen LogP) is 6.41. The van der Waals surface area contributed by atoms with Gasteiger partial charge >= 0.3 is 0 Å². The number of allylic oxidation sites excluding steroid dienone is 1.